The number of benzene rings is 2. The highest BCUT2D eigenvalue weighted by Crippen LogP contribution is 2.39. The second-order valence-corrected chi connectivity index (χ2v) is 10.2. The number of fused-ring (bicyclic) bond motifs is 1. The van der Waals surface area contributed by atoms with Gasteiger partial charge in [0.25, 0.3) is 15.9 Å². The molecule has 172 valence electrons. The molecule has 0 saturated carbocycles. The maximum Gasteiger partial charge on any atom is 0.341 e. The first-order valence-corrected chi connectivity index (χ1v) is 12.4. The minimum Gasteiger partial charge on any atom is -0.497 e. The number of carbonyl (C=O) groups excluding carboxylic acids is 2. The summed E-state index contributed by atoms with van der Waals surface area (Å²) in [6.45, 7) is 0. The van der Waals surface area contributed by atoms with Crippen molar-refractivity contribution < 1.29 is 27.5 Å². The van der Waals surface area contributed by atoms with Crippen molar-refractivity contribution in [3.8, 4) is 5.75 Å². The van der Waals surface area contributed by atoms with E-state index in [4.69, 9.17) is 9.47 Å². The normalized spacial score (nSPS) is 12.7. The fraction of sp³-hybridized carbons (Fsp3) is 0.217. The van der Waals surface area contributed by atoms with Crippen LogP contribution in [0.5, 0.6) is 5.75 Å². The van der Waals surface area contributed by atoms with Gasteiger partial charge in [0.1, 0.15) is 10.8 Å². The molecule has 1 aromatic heterocycles. The number of carbonyl (C=O) groups is 2. The molecule has 4 rings (SSSR count). The molecule has 0 unspecified atom stereocenters. The Morgan fingerprint density at radius 1 is 1.03 bits per heavy atom. The first-order valence-electron chi connectivity index (χ1n) is 10.1. The Hall–Kier alpha value is -3.37. The van der Waals surface area contributed by atoms with Crippen LogP contribution in [0.25, 0.3) is 0 Å². The van der Waals surface area contributed by atoms with Crippen molar-refractivity contribution in [1.82, 2.24) is 0 Å². The van der Waals surface area contributed by atoms with E-state index in [1.54, 1.807) is 30.3 Å². The van der Waals surface area contributed by atoms with Gasteiger partial charge < -0.3 is 14.8 Å². The molecule has 0 saturated heterocycles. The van der Waals surface area contributed by atoms with E-state index in [-0.39, 0.29) is 16.1 Å². The summed E-state index contributed by atoms with van der Waals surface area (Å²) in [5, 5.41) is 3.24. The number of aryl methyl sites for hydroxylation is 1. The molecule has 8 nitrogen and oxygen atoms in total. The van der Waals surface area contributed by atoms with Gasteiger partial charge in [0.05, 0.1) is 24.7 Å². The SMILES string of the molecule is COC(=O)c1c(NC(=O)c2cccc(NS(=O)(=O)c3ccc(OC)cc3)c2)sc2c1CCC2. The highest BCUT2D eigenvalue weighted by atomic mass is 32.2. The lowest BCUT2D eigenvalue weighted by Crippen LogP contribution is -2.16. The predicted octanol–water partition coefficient (Wildman–Crippen LogP) is 4.09. The molecular formula is C23H22N2O6S2. The molecule has 1 aliphatic rings. The molecule has 3 aromatic rings. The van der Waals surface area contributed by atoms with Gasteiger partial charge >= 0.3 is 5.97 Å². The highest BCUT2D eigenvalue weighted by molar-refractivity contribution is 7.92. The van der Waals surface area contributed by atoms with E-state index >= 15 is 0 Å². The van der Waals surface area contributed by atoms with Crippen LogP contribution in [0.15, 0.2) is 53.4 Å². The van der Waals surface area contributed by atoms with E-state index in [9.17, 15) is 18.0 Å². The van der Waals surface area contributed by atoms with Crippen LogP contribution in [0.2, 0.25) is 0 Å². The van der Waals surface area contributed by atoms with Gasteiger partial charge in [0, 0.05) is 16.1 Å². The Morgan fingerprint density at radius 2 is 1.79 bits per heavy atom. The number of anilines is 2. The molecule has 1 aliphatic carbocycles. The lowest BCUT2D eigenvalue weighted by atomic mass is 10.1. The molecular weight excluding hydrogens is 464 g/mol. The molecule has 0 fully saturated rings. The van der Waals surface area contributed by atoms with Gasteiger partial charge in [-0.25, -0.2) is 13.2 Å². The molecule has 0 spiro atoms. The van der Waals surface area contributed by atoms with Crippen molar-refractivity contribution in [2.45, 2.75) is 24.2 Å². The van der Waals surface area contributed by atoms with Gasteiger partial charge in [-0.1, -0.05) is 6.07 Å². The zero-order chi connectivity index (χ0) is 23.6. The summed E-state index contributed by atoms with van der Waals surface area (Å²) in [6.07, 6.45) is 2.60. The third-order valence-electron chi connectivity index (χ3n) is 5.28. The van der Waals surface area contributed by atoms with Gasteiger partial charge in [-0.05, 0) is 67.3 Å². The Labute approximate surface area is 195 Å². The van der Waals surface area contributed by atoms with Crippen LogP contribution < -0.4 is 14.8 Å². The first kappa shape index (κ1) is 22.8. The fourth-order valence-electron chi connectivity index (χ4n) is 3.68. The number of methoxy groups -OCH3 is 2. The van der Waals surface area contributed by atoms with Gasteiger partial charge in [0.15, 0.2) is 0 Å². The standard InChI is InChI=1S/C23H22N2O6S2/c1-30-16-9-11-17(12-10-16)33(28,29)25-15-6-3-5-14(13-15)21(26)24-22-20(23(27)31-2)18-7-4-8-19(18)32-22/h3,5-6,9-13,25H,4,7-8H2,1-2H3,(H,24,26). The van der Waals surface area contributed by atoms with Crippen molar-refractivity contribution in [3.05, 3.63) is 70.1 Å². The summed E-state index contributed by atoms with van der Waals surface area (Å²) in [5.41, 5.74) is 1.82. The third-order valence-corrected chi connectivity index (χ3v) is 7.89. The maximum absolute atomic E-state index is 12.9. The second-order valence-electron chi connectivity index (χ2n) is 7.37. The quantitative estimate of drug-likeness (QED) is 0.487. The molecule has 0 aliphatic heterocycles. The smallest absolute Gasteiger partial charge is 0.341 e. The van der Waals surface area contributed by atoms with Crippen LogP contribution in [-0.4, -0.2) is 34.5 Å². The number of amides is 1. The molecule has 10 heteroatoms. The van der Waals surface area contributed by atoms with Crippen LogP contribution in [0, 0.1) is 0 Å². The number of ether oxygens (including phenoxy) is 2. The lowest BCUT2D eigenvalue weighted by Gasteiger charge is -2.11. The Balaban J connectivity index is 1.55. The highest BCUT2D eigenvalue weighted by Gasteiger charge is 2.28. The minimum absolute atomic E-state index is 0.0639. The zero-order valence-corrected chi connectivity index (χ0v) is 19.6. The number of hydrogen-bond donors (Lipinski definition) is 2. The van der Waals surface area contributed by atoms with Gasteiger partial charge in [-0.15, -0.1) is 11.3 Å². The van der Waals surface area contributed by atoms with E-state index in [1.165, 1.54) is 43.8 Å². The summed E-state index contributed by atoms with van der Waals surface area (Å²) in [7, 11) is -1.05. The number of rotatable bonds is 7. The monoisotopic (exact) mass is 486 g/mol. The third kappa shape index (κ3) is 4.71. The Bertz CT molecular complexity index is 1310. The summed E-state index contributed by atoms with van der Waals surface area (Å²) < 4.78 is 37.9. The number of esters is 1. The van der Waals surface area contributed by atoms with Crippen molar-refractivity contribution in [3.63, 3.8) is 0 Å². The average molecular weight is 487 g/mol. The molecule has 0 bridgehead atoms. The molecule has 33 heavy (non-hydrogen) atoms. The number of thiophene rings is 1. The largest absolute Gasteiger partial charge is 0.497 e. The van der Waals surface area contributed by atoms with Crippen LogP contribution in [-0.2, 0) is 27.6 Å². The summed E-state index contributed by atoms with van der Waals surface area (Å²) in [4.78, 5) is 26.4. The second kappa shape index (κ2) is 9.24. The van der Waals surface area contributed by atoms with Crippen LogP contribution in [0.1, 0.15) is 37.6 Å². The minimum atomic E-state index is -3.86. The topological polar surface area (TPSA) is 111 Å². The van der Waals surface area contributed by atoms with Crippen molar-refractivity contribution in [1.29, 1.82) is 0 Å². The molecule has 2 N–H and O–H groups in total. The summed E-state index contributed by atoms with van der Waals surface area (Å²) in [5.74, 6) is -0.394. The van der Waals surface area contributed by atoms with E-state index in [0.717, 1.165) is 29.7 Å². The summed E-state index contributed by atoms with van der Waals surface area (Å²) in [6, 6.07) is 12.1. The van der Waals surface area contributed by atoms with Crippen molar-refractivity contribution in [2.75, 3.05) is 24.3 Å². The molecule has 2 aromatic carbocycles. The average Bonchev–Trinajstić information content (AvgIpc) is 3.39. The number of hydrogen-bond acceptors (Lipinski definition) is 7. The van der Waals surface area contributed by atoms with Crippen molar-refractivity contribution in [2.24, 2.45) is 0 Å². The van der Waals surface area contributed by atoms with Gasteiger partial charge in [0.2, 0.25) is 0 Å². The molecule has 1 heterocycles. The zero-order valence-electron chi connectivity index (χ0n) is 18.0. The van der Waals surface area contributed by atoms with E-state index in [1.807, 2.05) is 0 Å². The van der Waals surface area contributed by atoms with Gasteiger partial charge in [-0.3, -0.25) is 9.52 Å². The first-order chi connectivity index (χ1) is 15.8. The van der Waals surface area contributed by atoms with Crippen LogP contribution >= 0.6 is 11.3 Å². The van der Waals surface area contributed by atoms with E-state index in [2.05, 4.69) is 10.0 Å². The lowest BCUT2D eigenvalue weighted by molar-refractivity contribution is 0.0601. The van der Waals surface area contributed by atoms with Crippen LogP contribution in [0.4, 0.5) is 10.7 Å². The summed E-state index contributed by atoms with van der Waals surface area (Å²) >= 11 is 1.38. The Kier molecular flexibility index (Phi) is 6.39. The molecule has 1 amide bonds. The number of nitrogens with one attached hydrogen (secondary N) is 2. The van der Waals surface area contributed by atoms with E-state index in [0.29, 0.717) is 16.3 Å². The fourth-order valence-corrected chi connectivity index (χ4v) is 6.00. The van der Waals surface area contributed by atoms with Crippen LogP contribution in [0.3, 0.4) is 0 Å². The maximum atomic E-state index is 12.9. The predicted molar refractivity (Wildman–Crippen MR) is 126 cm³/mol. The van der Waals surface area contributed by atoms with Crippen molar-refractivity contribution >= 4 is 43.9 Å². The van der Waals surface area contributed by atoms with Gasteiger partial charge in [-0.2, -0.15) is 0 Å². The molecule has 0 radical (unpaired) electrons. The Morgan fingerprint density at radius 3 is 2.48 bits per heavy atom. The molecule has 0 atom stereocenters. The van der Waals surface area contributed by atoms with E-state index < -0.39 is 21.9 Å². The number of sulfonamides is 1.